The Kier molecular flexibility index (Phi) is 6.97. The Hall–Kier alpha value is -0.610. The molecule has 2 aliphatic rings. The third-order valence-electron chi connectivity index (χ3n) is 4.82. The number of rotatable bonds is 6. The smallest absolute Gasteiger partial charge is 0.236 e. The quantitative estimate of drug-likeness (QED) is 0.815. The molecule has 1 amide bonds. The van der Waals surface area contributed by atoms with E-state index in [1.807, 2.05) is 0 Å². The van der Waals surface area contributed by atoms with Gasteiger partial charge >= 0.3 is 0 Å². The zero-order chi connectivity index (χ0) is 15.1. The fourth-order valence-electron chi connectivity index (χ4n) is 3.47. The number of carbonyl (C=O) groups excluding carboxylic acids is 1. The molecule has 0 unspecified atom stereocenters. The molecule has 2 rings (SSSR count). The zero-order valence-corrected chi connectivity index (χ0v) is 13.9. The van der Waals surface area contributed by atoms with Crippen molar-refractivity contribution in [2.24, 2.45) is 5.92 Å². The molecule has 0 bridgehead atoms. The molecule has 0 spiro atoms. The van der Waals surface area contributed by atoms with Gasteiger partial charge in [0.05, 0.1) is 6.54 Å². The van der Waals surface area contributed by atoms with Crippen LogP contribution in [0.3, 0.4) is 0 Å². The van der Waals surface area contributed by atoms with Gasteiger partial charge in [0.2, 0.25) is 5.91 Å². The van der Waals surface area contributed by atoms with Crippen LogP contribution in [0.1, 0.15) is 52.4 Å². The largest absolute Gasteiger partial charge is 0.339 e. The second-order valence-electron chi connectivity index (χ2n) is 7.09. The van der Waals surface area contributed by atoms with Crippen LogP contribution in [0.2, 0.25) is 0 Å². The van der Waals surface area contributed by atoms with E-state index in [0.29, 0.717) is 24.4 Å². The van der Waals surface area contributed by atoms with Crippen LogP contribution < -0.4 is 5.32 Å². The molecule has 1 saturated heterocycles. The fourth-order valence-corrected chi connectivity index (χ4v) is 3.47. The van der Waals surface area contributed by atoms with Crippen LogP contribution in [0.4, 0.5) is 0 Å². The number of amides is 1. The van der Waals surface area contributed by atoms with E-state index >= 15 is 0 Å². The molecule has 0 aromatic rings. The Labute approximate surface area is 130 Å². The summed E-state index contributed by atoms with van der Waals surface area (Å²) in [7, 11) is 0. The highest BCUT2D eigenvalue weighted by molar-refractivity contribution is 5.78. The zero-order valence-electron chi connectivity index (χ0n) is 13.9. The lowest BCUT2D eigenvalue weighted by Gasteiger charge is -2.32. The average Bonchev–Trinajstić information content (AvgIpc) is 2.84. The Morgan fingerprint density at radius 1 is 1.19 bits per heavy atom. The first-order valence-electron chi connectivity index (χ1n) is 8.89. The van der Waals surface area contributed by atoms with Gasteiger partial charge in [0, 0.05) is 25.7 Å². The van der Waals surface area contributed by atoms with E-state index in [9.17, 15) is 4.79 Å². The van der Waals surface area contributed by atoms with Crippen molar-refractivity contribution in [3.63, 3.8) is 0 Å². The fraction of sp³-hybridized carbons (Fsp3) is 0.941. The maximum Gasteiger partial charge on any atom is 0.236 e. The molecule has 0 atom stereocenters. The van der Waals surface area contributed by atoms with E-state index in [1.54, 1.807) is 0 Å². The molecule has 0 aromatic heterocycles. The summed E-state index contributed by atoms with van der Waals surface area (Å²) >= 11 is 0. The maximum absolute atomic E-state index is 12.8. The van der Waals surface area contributed by atoms with Crippen LogP contribution in [0.5, 0.6) is 0 Å². The molecule has 0 aromatic carbocycles. The van der Waals surface area contributed by atoms with Gasteiger partial charge in [-0.3, -0.25) is 9.69 Å². The van der Waals surface area contributed by atoms with Crippen molar-refractivity contribution in [1.29, 1.82) is 0 Å². The summed E-state index contributed by atoms with van der Waals surface area (Å²) in [6, 6.07) is 0.515. The number of carbonyl (C=O) groups is 1. The van der Waals surface area contributed by atoms with Gasteiger partial charge in [-0.15, -0.1) is 0 Å². The summed E-state index contributed by atoms with van der Waals surface area (Å²) < 4.78 is 0. The monoisotopic (exact) mass is 295 g/mol. The Bertz CT molecular complexity index is 305. The number of nitrogens with one attached hydrogen (secondary N) is 1. The Balaban J connectivity index is 1.88. The molecule has 122 valence electrons. The molecule has 21 heavy (non-hydrogen) atoms. The Morgan fingerprint density at radius 3 is 2.67 bits per heavy atom. The van der Waals surface area contributed by atoms with Crippen molar-refractivity contribution in [3.8, 4) is 0 Å². The topological polar surface area (TPSA) is 35.6 Å². The first-order chi connectivity index (χ1) is 10.2. The second kappa shape index (κ2) is 8.74. The minimum Gasteiger partial charge on any atom is -0.339 e. The lowest BCUT2D eigenvalue weighted by Crippen LogP contribution is -2.46. The summed E-state index contributed by atoms with van der Waals surface area (Å²) in [5.41, 5.74) is 0. The van der Waals surface area contributed by atoms with Crippen LogP contribution in [0.25, 0.3) is 0 Å². The van der Waals surface area contributed by atoms with Crippen LogP contribution >= 0.6 is 0 Å². The van der Waals surface area contributed by atoms with Gasteiger partial charge in [-0.25, -0.2) is 0 Å². The van der Waals surface area contributed by atoms with Gasteiger partial charge in [0.15, 0.2) is 0 Å². The van der Waals surface area contributed by atoms with Crippen LogP contribution in [0.15, 0.2) is 0 Å². The molecule has 1 aliphatic heterocycles. The van der Waals surface area contributed by atoms with E-state index < -0.39 is 0 Å². The van der Waals surface area contributed by atoms with Crippen molar-refractivity contribution in [2.45, 2.75) is 58.4 Å². The summed E-state index contributed by atoms with van der Waals surface area (Å²) in [6.07, 6.45) is 7.30. The van der Waals surface area contributed by atoms with Gasteiger partial charge in [-0.05, 0) is 44.7 Å². The summed E-state index contributed by atoms with van der Waals surface area (Å²) in [5, 5.41) is 3.41. The van der Waals surface area contributed by atoms with Crippen molar-refractivity contribution in [1.82, 2.24) is 15.1 Å². The minimum absolute atomic E-state index is 0.365. The van der Waals surface area contributed by atoms with E-state index in [4.69, 9.17) is 0 Å². The second-order valence-corrected chi connectivity index (χ2v) is 7.09. The number of hydrogen-bond acceptors (Lipinski definition) is 3. The lowest BCUT2D eigenvalue weighted by atomic mass is 10.1. The highest BCUT2D eigenvalue weighted by Crippen LogP contribution is 2.24. The Morgan fingerprint density at radius 2 is 1.95 bits per heavy atom. The summed E-state index contributed by atoms with van der Waals surface area (Å²) in [6.45, 7) is 10.2. The summed E-state index contributed by atoms with van der Waals surface area (Å²) in [5.74, 6) is 1.04. The normalized spacial score (nSPS) is 21.7. The minimum atomic E-state index is 0.365. The molecule has 1 heterocycles. The van der Waals surface area contributed by atoms with Crippen molar-refractivity contribution in [3.05, 3.63) is 0 Å². The molecule has 4 heteroatoms. The van der Waals surface area contributed by atoms with Crippen molar-refractivity contribution in [2.75, 3.05) is 39.3 Å². The average molecular weight is 295 g/mol. The summed E-state index contributed by atoms with van der Waals surface area (Å²) in [4.78, 5) is 17.3. The van der Waals surface area contributed by atoms with Gasteiger partial charge in [-0.2, -0.15) is 0 Å². The molecular formula is C17H33N3O. The molecule has 1 saturated carbocycles. The van der Waals surface area contributed by atoms with Crippen LogP contribution in [0, 0.1) is 5.92 Å². The standard InChI is InChI=1S/C17H33N3O/c1-15(2)8-12-20(16-6-3-4-7-16)17(21)14-19-11-5-9-18-10-13-19/h15-16,18H,3-14H2,1-2H3. The van der Waals surface area contributed by atoms with Gasteiger partial charge in [0.1, 0.15) is 0 Å². The molecule has 1 aliphatic carbocycles. The van der Waals surface area contributed by atoms with Crippen molar-refractivity contribution >= 4 is 5.91 Å². The highest BCUT2D eigenvalue weighted by Gasteiger charge is 2.27. The highest BCUT2D eigenvalue weighted by atomic mass is 16.2. The molecule has 2 fully saturated rings. The third kappa shape index (κ3) is 5.59. The number of nitrogens with zero attached hydrogens (tertiary/aromatic N) is 2. The first-order valence-corrected chi connectivity index (χ1v) is 8.89. The van der Waals surface area contributed by atoms with E-state index in [0.717, 1.165) is 45.6 Å². The SMILES string of the molecule is CC(C)CCN(C(=O)CN1CCCNCC1)C1CCCC1. The molecular weight excluding hydrogens is 262 g/mol. The molecule has 1 N–H and O–H groups in total. The maximum atomic E-state index is 12.8. The predicted molar refractivity (Wildman–Crippen MR) is 87.4 cm³/mol. The van der Waals surface area contributed by atoms with Gasteiger partial charge in [-0.1, -0.05) is 26.7 Å². The predicted octanol–water partition coefficient (Wildman–Crippen LogP) is 2.10. The van der Waals surface area contributed by atoms with Gasteiger partial charge in [0.25, 0.3) is 0 Å². The molecule has 4 nitrogen and oxygen atoms in total. The van der Waals surface area contributed by atoms with E-state index in [-0.39, 0.29) is 0 Å². The van der Waals surface area contributed by atoms with Crippen LogP contribution in [-0.2, 0) is 4.79 Å². The van der Waals surface area contributed by atoms with Crippen LogP contribution in [-0.4, -0.2) is 61.0 Å². The van der Waals surface area contributed by atoms with Gasteiger partial charge < -0.3 is 10.2 Å². The third-order valence-corrected chi connectivity index (χ3v) is 4.82. The lowest BCUT2D eigenvalue weighted by molar-refractivity contribution is -0.134. The first kappa shape index (κ1) is 16.8. The number of hydrogen-bond donors (Lipinski definition) is 1. The van der Waals surface area contributed by atoms with E-state index in [2.05, 4.69) is 29.0 Å². The van der Waals surface area contributed by atoms with E-state index in [1.165, 1.54) is 25.7 Å². The molecule has 0 radical (unpaired) electrons. The van der Waals surface area contributed by atoms with Crippen molar-refractivity contribution < 1.29 is 4.79 Å².